The molecule has 1 fully saturated rings. The molecule has 1 atom stereocenters. The van der Waals surface area contributed by atoms with Gasteiger partial charge < -0.3 is 5.11 Å². The summed E-state index contributed by atoms with van der Waals surface area (Å²) in [6.07, 6.45) is 2.43. The number of hydrogen-bond acceptors (Lipinski definition) is 2. The van der Waals surface area contributed by atoms with Gasteiger partial charge in [-0.1, -0.05) is 0 Å². The zero-order valence-corrected chi connectivity index (χ0v) is 6.88. The van der Waals surface area contributed by atoms with E-state index in [1.807, 2.05) is 0 Å². The van der Waals surface area contributed by atoms with Gasteiger partial charge in [0.1, 0.15) is 0 Å². The quantitative estimate of drug-likeness (QED) is 0.619. The van der Waals surface area contributed by atoms with Crippen LogP contribution in [0.4, 0.5) is 0 Å². The summed E-state index contributed by atoms with van der Waals surface area (Å²) in [5, 5.41) is 8.94. The van der Waals surface area contributed by atoms with E-state index in [2.05, 4.69) is 18.7 Å². The molecular formula is C8H17NO. The summed E-state index contributed by atoms with van der Waals surface area (Å²) in [5.41, 5.74) is 0. The Hall–Kier alpha value is -0.0800. The number of likely N-dealkylation sites (tertiary alicyclic amines) is 1. The van der Waals surface area contributed by atoms with E-state index in [4.69, 9.17) is 5.11 Å². The molecule has 1 rings (SSSR count). The molecule has 0 aliphatic carbocycles. The highest BCUT2D eigenvalue weighted by molar-refractivity contribution is 4.80. The van der Waals surface area contributed by atoms with Gasteiger partial charge >= 0.3 is 0 Å². The summed E-state index contributed by atoms with van der Waals surface area (Å²) >= 11 is 0. The molecule has 10 heavy (non-hydrogen) atoms. The summed E-state index contributed by atoms with van der Waals surface area (Å²) in [4.78, 5) is 2.38. The number of nitrogens with zero attached hydrogens (tertiary/aromatic N) is 1. The third-order valence-corrected chi connectivity index (χ3v) is 2.30. The van der Waals surface area contributed by atoms with E-state index in [0.29, 0.717) is 18.7 Å². The second-order valence-corrected chi connectivity index (χ2v) is 3.31. The molecule has 2 nitrogen and oxygen atoms in total. The largest absolute Gasteiger partial charge is 0.395 e. The van der Waals surface area contributed by atoms with Gasteiger partial charge in [-0.05, 0) is 33.2 Å². The molecule has 1 aliphatic rings. The Morgan fingerprint density at radius 2 is 2.30 bits per heavy atom. The molecule has 0 radical (unpaired) electrons. The zero-order valence-electron chi connectivity index (χ0n) is 6.88. The molecule has 1 unspecified atom stereocenters. The third kappa shape index (κ3) is 1.50. The normalized spacial score (nSPS) is 28.2. The maximum absolute atomic E-state index is 8.94. The van der Waals surface area contributed by atoms with Gasteiger partial charge in [0.25, 0.3) is 0 Å². The molecule has 0 aromatic rings. The second-order valence-electron chi connectivity index (χ2n) is 3.31. The highest BCUT2D eigenvalue weighted by Gasteiger charge is 2.25. The van der Waals surface area contributed by atoms with E-state index in [0.717, 1.165) is 0 Å². The Morgan fingerprint density at radius 3 is 2.70 bits per heavy atom. The lowest BCUT2D eigenvalue weighted by molar-refractivity contribution is 0.133. The lowest BCUT2D eigenvalue weighted by Crippen LogP contribution is -2.37. The van der Waals surface area contributed by atoms with Crippen molar-refractivity contribution in [3.63, 3.8) is 0 Å². The highest BCUT2D eigenvalue weighted by Crippen LogP contribution is 2.18. The second kappa shape index (κ2) is 3.35. The van der Waals surface area contributed by atoms with Crippen LogP contribution in [0.15, 0.2) is 0 Å². The SMILES string of the molecule is CC(C)N1CCCC1CO. The fourth-order valence-corrected chi connectivity index (χ4v) is 1.73. The molecule has 1 N–H and O–H groups in total. The zero-order chi connectivity index (χ0) is 7.56. The van der Waals surface area contributed by atoms with E-state index in [9.17, 15) is 0 Å². The van der Waals surface area contributed by atoms with Crippen molar-refractivity contribution in [2.75, 3.05) is 13.2 Å². The van der Waals surface area contributed by atoms with E-state index < -0.39 is 0 Å². The molecule has 1 aliphatic heterocycles. The van der Waals surface area contributed by atoms with Crippen molar-refractivity contribution in [3.8, 4) is 0 Å². The minimum atomic E-state index is 0.332. The van der Waals surface area contributed by atoms with Crippen LogP contribution in [0.3, 0.4) is 0 Å². The minimum absolute atomic E-state index is 0.332. The van der Waals surface area contributed by atoms with Crippen molar-refractivity contribution in [2.45, 2.75) is 38.8 Å². The Bertz CT molecular complexity index is 103. The molecule has 1 saturated heterocycles. The molecule has 0 saturated carbocycles. The first kappa shape index (κ1) is 8.02. The molecule has 0 bridgehead atoms. The van der Waals surface area contributed by atoms with E-state index in [1.165, 1.54) is 19.4 Å². The van der Waals surface area contributed by atoms with Gasteiger partial charge in [0.05, 0.1) is 6.61 Å². The Balaban J connectivity index is 2.42. The van der Waals surface area contributed by atoms with Crippen LogP contribution < -0.4 is 0 Å². The van der Waals surface area contributed by atoms with E-state index >= 15 is 0 Å². The molecule has 0 aromatic heterocycles. The van der Waals surface area contributed by atoms with Gasteiger partial charge in [-0.25, -0.2) is 0 Å². The van der Waals surface area contributed by atoms with Crippen molar-refractivity contribution in [1.29, 1.82) is 0 Å². The smallest absolute Gasteiger partial charge is 0.0586 e. The van der Waals surface area contributed by atoms with Gasteiger partial charge in [0.2, 0.25) is 0 Å². The first-order valence-corrected chi connectivity index (χ1v) is 4.12. The van der Waals surface area contributed by atoms with Gasteiger partial charge in [-0.15, -0.1) is 0 Å². The summed E-state index contributed by atoms with van der Waals surface area (Å²) in [5.74, 6) is 0. The van der Waals surface area contributed by atoms with Gasteiger partial charge in [-0.2, -0.15) is 0 Å². The first-order chi connectivity index (χ1) is 4.75. The molecular weight excluding hydrogens is 126 g/mol. The van der Waals surface area contributed by atoms with Crippen molar-refractivity contribution < 1.29 is 5.11 Å². The molecule has 0 aromatic carbocycles. The Labute approximate surface area is 62.8 Å². The fraction of sp³-hybridized carbons (Fsp3) is 1.00. The molecule has 0 spiro atoms. The molecule has 1 heterocycles. The van der Waals surface area contributed by atoms with Crippen LogP contribution in [0, 0.1) is 0 Å². The van der Waals surface area contributed by atoms with Crippen molar-refractivity contribution in [1.82, 2.24) is 4.90 Å². The van der Waals surface area contributed by atoms with E-state index in [-0.39, 0.29) is 0 Å². The predicted octanol–water partition coefficient (Wildman–Crippen LogP) is 0.852. The average molecular weight is 143 g/mol. The lowest BCUT2D eigenvalue weighted by Gasteiger charge is -2.26. The fourth-order valence-electron chi connectivity index (χ4n) is 1.73. The maximum Gasteiger partial charge on any atom is 0.0586 e. The Kier molecular flexibility index (Phi) is 2.69. The van der Waals surface area contributed by atoms with Crippen molar-refractivity contribution >= 4 is 0 Å². The van der Waals surface area contributed by atoms with Crippen LogP contribution in [-0.2, 0) is 0 Å². The Morgan fingerprint density at radius 1 is 1.60 bits per heavy atom. The van der Waals surface area contributed by atoms with Crippen LogP contribution in [0.25, 0.3) is 0 Å². The maximum atomic E-state index is 8.94. The topological polar surface area (TPSA) is 23.5 Å². The van der Waals surface area contributed by atoms with Gasteiger partial charge in [-0.3, -0.25) is 4.90 Å². The van der Waals surface area contributed by atoms with Crippen LogP contribution in [0.2, 0.25) is 0 Å². The minimum Gasteiger partial charge on any atom is -0.395 e. The standard InChI is InChI=1S/C8H17NO/c1-7(2)9-5-3-4-8(9)6-10/h7-8,10H,3-6H2,1-2H3. The molecule has 0 amide bonds. The summed E-state index contributed by atoms with van der Waals surface area (Å²) in [6.45, 7) is 5.88. The number of rotatable bonds is 2. The monoisotopic (exact) mass is 143 g/mol. The molecule has 60 valence electrons. The average Bonchev–Trinajstić information content (AvgIpc) is 2.33. The van der Waals surface area contributed by atoms with Crippen molar-refractivity contribution in [3.05, 3.63) is 0 Å². The van der Waals surface area contributed by atoms with Crippen molar-refractivity contribution in [2.24, 2.45) is 0 Å². The number of aliphatic hydroxyl groups is 1. The first-order valence-electron chi connectivity index (χ1n) is 4.12. The van der Waals surface area contributed by atoms with Crippen LogP contribution >= 0.6 is 0 Å². The summed E-state index contributed by atoms with van der Waals surface area (Å²) < 4.78 is 0. The predicted molar refractivity (Wildman–Crippen MR) is 41.9 cm³/mol. The third-order valence-electron chi connectivity index (χ3n) is 2.30. The van der Waals surface area contributed by atoms with E-state index in [1.54, 1.807) is 0 Å². The lowest BCUT2D eigenvalue weighted by atomic mass is 10.2. The van der Waals surface area contributed by atoms with Gasteiger partial charge in [0.15, 0.2) is 0 Å². The van der Waals surface area contributed by atoms with Crippen LogP contribution in [-0.4, -0.2) is 35.2 Å². The number of hydrogen-bond donors (Lipinski definition) is 1. The highest BCUT2D eigenvalue weighted by atomic mass is 16.3. The summed E-state index contributed by atoms with van der Waals surface area (Å²) in [7, 11) is 0. The molecule has 2 heteroatoms. The number of aliphatic hydroxyl groups excluding tert-OH is 1. The van der Waals surface area contributed by atoms with Crippen LogP contribution in [0.1, 0.15) is 26.7 Å². The van der Waals surface area contributed by atoms with Crippen LogP contribution in [0.5, 0.6) is 0 Å². The van der Waals surface area contributed by atoms with Gasteiger partial charge in [0, 0.05) is 12.1 Å². The summed E-state index contributed by atoms with van der Waals surface area (Å²) in [6, 6.07) is 1.04.